The fraction of sp³-hybridized carbons (Fsp3) is 0.143. The predicted molar refractivity (Wildman–Crippen MR) is 127 cm³/mol. The van der Waals surface area contributed by atoms with Gasteiger partial charge in [-0.3, -0.25) is 0 Å². The van der Waals surface area contributed by atoms with Gasteiger partial charge in [0.05, 0.1) is 10.6 Å². The number of halogens is 8. The first-order chi connectivity index (χ1) is 17.6. The second-order valence-corrected chi connectivity index (χ2v) is 8.40. The lowest BCUT2D eigenvalue weighted by Crippen LogP contribution is -2.09. The maximum absolute atomic E-state index is 14.8. The minimum Gasteiger partial charge on any atom is -0.482 e. The third-order valence-electron chi connectivity index (χ3n) is 5.54. The van der Waals surface area contributed by atoms with Crippen molar-refractivity contribution in [3.8, 4) is 28.7 Å². The number of fused-ring (bicyclic) bond motifs is 1. The first kappa shape index (κ1) is 26.4. The molecule has 0 aliphatic rings. The number of unbranched alkanes of at least 4 members (excludes halogenated alkanes) is 1. The molecule has 0 unspecified atom stereocenters. The molecule has 4 aromatic rings. The molecule has 0 N–H and O–H groups in total. The zero-order valence-electron chi connectivity index (χ0n) is 19.1. The van der Waals surface area contributed by atoms with E-state index in [1.165, 1.54) is 0 Å². The van der Waals surface area contributed by atoms with E-state index in [2.05, 4.69) is 16.6 Å². The van der Waals surface area contributed by atoms with E-state index in [1.807, 2.05) is 13.0 Å². The van der Waals surface area contributed by atoms with Crippen LogP contribution < -0.4 is 4.74 Å². The molecule has 0 saturated carbocycles. The van der Waals surface area contributed by atoms with Crippen molar-refractivity contribution in [1.29, 1.82) is 0 Å². The normalized spacial score (nSPS) is 10.9. The van der Waals surface area contributed by atoms with Crippen LogP contribution in [-0.2, 0) is 6.61 Å². The summed E-state index contributed by atoms with van der Waals surface area (Å²) in [5.74, 6) is -9.25. The highest BCUT2D eigenvalue weighted by atomic mass is 35.5. The van der Waals surface area contributed by atoms with E-state index < -0.39 is 58.6 Å². The van der Waals surface area contributed by atoms with E-state index in [0.717, 1.165) is 35.9 Å². The Kier molecular flexibility index (Phi) is 7.65. The van der Waals surface area contributed by atoms with Gasteiger partial charge in [0.1, 0.15) is 18.2 Å². The van der Waals surface area contributed by atoms with Crippen molar-refractivity contribution in [2.75, 3.05) is 0 Å². The lowest BCUT2D eigenvalue weighted by atomic mass is 9.98. The molecule has 0 saturated heterocycles. The van der Waals surface area contributed by atoms with Crippen LogP contribution in [0.1, 0.15) is 30.9 Å². The van der Waals surface area contributed by atoms with Crippen molar-refractivity contribution < 1.29 is 35.5 Å². The van der Waals surface area contributed by atoms with Gasteiger partial charge in [0, 0.05) is 22.9 Å². The summed E-state index contributed by atoms with van der Waals surface area (Å²) in [7, 11) is 0. The molecule has 0 fully saturated rings. The number of rotatable bonds is 5. The van der Waals surface area contributed by atoms with Crippen molar-refractivity contribution in [3.63, 3.8) is 0 Å². The van der Waals surface area contributed by atoms with Crippen molar-refractivity contribution in [2.24, 2.45) is 0 Å². The topological polar surface area (TPSA) is 9.23 Å². The second kappa shape index (κ2) is 10.7. The van der Waals surface area contributed by atoms with Crippen LogP contribution in [0.4, 0.5) is 30.7 Å². The van der Waals surface area contributed by atoms with Crippen molar-refractivity contribution in [1.82, 2.24) is 0 Å². The van der Waals surface area contributed by atoms with Gasteiger partial charge in [0.2, 0.25) is 29.1 Å². The third kappa shape index (κ3) is 5.09. The zero-order chi connectivity index (χ0) is 26.9. The van der Waals surface area contributed by atoms with Gasteiger partial charge in [-0.25, -0.2) is 22.0 Å². The highest BCUT2D eigenvalue weighted by Gasteiger charge is 2.27. The summed E-state index contributed by atoms with van der Waals surface area (Å²) in [5.41, 5.74) is 0.387. The molecule has 9 heteroatoms. The van der Waals surface area contributed by atoms with E-state index in [1.54, 1.807) is 24.3 Å². The largest absolute Gasteiger partial charge is 0.482 e. The molecule has 0 bridgehead atoms. The molecule has 0 aliphatic carbocycles. The van der Waals surface area contributed by atoms with E-state index in [9.17, 15) is 30.7 Å². The van der Waals surface area contributed by atoms with Gasteiger partial charge in [0.15, 0.2) is 5.75 Å². The number of ether oxygens (including phenoxy) is 1. The first-order valence-electron chi connectivity index (χ1n) is 11.0. The Hall–Kier alpha value is -3.70. The van der Waals surface area contributed by atoms with Gasteiger partial charge in [-0.15, -0.1) is 0 Å². The lowest BCUT2D eigenvalue weighted by Gasteiger charge is -2.13. The minimum atomic E-state index is -2.38. The van der Waals surface area contributed by atoms with E-state index in [4.69, 9.17) is 11.6 Å². The summed E-state index contributed by atoms with van der Waals surface area (Å²) < 4.78 is 102. The van der Waals surface area contributed by atoms with Gasteiger partial charge in [-0.05, 0) is 41.6 Å². The van der Waals surface area contributed by atoms with E-state index >= 15 is 0 Å². The molecule has 0 heterocycles. The number of hydrogen-bond donors (Lipinski definition) is 0. The van der Waals surface area contributed by atoms with Crippen LogP contribution in [0, 0.1) is 52.6 Å². The third-order valence-corrected chi connectivity index (χ3v) is 5.95. The monoisotopic (exact) mass is 536 g/mol. The van der Waals surface area contributed by atoms with Gasteiger partial charge >= 0.3 is 0 Å². The zero-order valence-corrected chi connectivity index (χ0v) is 19.9. The highest BCUT2D eigenvalue weighted by molar-refractivity contribution is 6.38. The summed E-state index contributed by atoms with van der Waals surface area (Å²) in [4.78, 5) is 0. The summed E-state index contributed by atoms with van der Waals surface area (Å²) in [5, 5.41) is 1.63. The average molecular weight is 537 g/mol. The van der Waals surface area contributed by atoms with Crippen LogP contribution in [0.2, 0.25) is 5.02 Å². The molecule has 0 amide bonds. The maximum atomic E-state index is 14.8. The molecule has 0 aliphatic heterocycles. The van der Waals surface area contributed by atoms with Crippen LogP contribution in [0.3, 0.4) is 0 Å². The van der Waals surface area contributed by atoms with Crippen molar-refractivity contribution in [2.45, 2.75) is 26.4 Å². The second-order valence-electron chi connectivity index (χ2n) is 8.02. The first-order valence-corrected chi connectivity index (χ1v) is 11.4. The highest BCUT2D eigenvalue weighted by Crippen LogP contribution is 2.36. The van der Waals surface area contributed by atoms with Gasteiger partial charge in [0.25, 0.3) is 0 Å². The standard InChI is InChI=1S/C28H16ClF7O/c1-2-3-4-5-14-6-8-17-15(10-14)7-9-18(22(17)29)16-11-20(30)19(21(31)12-16)13-37-28-26(35)24(33)23(32)25(34)27(28)36/h6-12H,2-3,13H2,1H3. The van der Waals surface area contributed by atoms with Gasteiger partial charge in [-0.1, -0.05) is 48.6 Å². The molecule has 1 nitrogen and oxygen atoms in total. The maximum Gasteiger partial charge on any atom is 0.207 e. The Labute approximate surface area is 212 Å². The quantitative estimate of drug-likeness (QED) is 0.107. The summed E-state index contributed by atoms with van der Waals surface area (Å²) in [6, 6.07) is 10.5. The molecule has 0 aromatic heterocycles. The Morgan fingerprint density at radius 3 is 2.03 bits per heavy atom. The van der Waals surface area contributed by atoms with Crippen LogP contribution in [-0.4, -0.2) is 0 Å². The molecule has 0 radical (unpaired) electrons. The molecule has 0 atom stereocenters. The Balaban J connectivity index is 1.65. The summed E-state index contributed by atoms with van der Waals surface area (Å²) in [6.45, 7) is 0.888. The SMILES string of the molecule is CCCC#Cc1ccc2c(Cl)c(-c3cc(F)c(COc4c(F)c(F)c(F)c(F)c4F)c(F)c3)ccc2c1. The van der Waals surface area contributed by atoms with Gasteiger partial charge in [-0.2, -0.15) is 8.78 Å². The average Bonchev–Trinajstić information content (AvgIpc) is 2.87. The Morgan fingerprint density at radius 2 is 1.41 bits per heavy atom. The molecule has 4 aromatic carbocycles. The lowest BCUT2D eigenvalue weighted by molar-refractivity contribution is 0.246. The molecular weight excluding hydrogens is 521 g/mol. The van der Waals surface area contributed by atoms with E-state index in [0.29, 0.717) is 10.9 Å². The molecule has 37 heavy (non-hydrogen) atoms. The number of benzene rings is 4. The van der Waals surface area contributed by atoms with Crippen LogP contribution in [0.25, 0.3) is 21.9 Å². The van der Waals surface area contributed by atoms with Gasteiger partial charge < -0.3 is 4.74 Å². The molecule has 0 spiro atoms. The fourth-order valence-electron chi connectivity index (χ4n) is 3.63. The van der Waals surface area contributed by atoms with Crippen LogP contribution >= 0.6 is 11.6 Å². The van der Waals surface area contributed by atoms with Crippen LogP contribution in [0.15, 0.2) is 42.5 Å². The smallest absolute Gasteiger partial charge is 0.207 e. The Bertz CT molecular complexity index is 1540. The number of hydrogen-bond acceptors (Lipinski definition) is 1. The van der Waals surface area contributed by atoms with Crippen molar-refractivity contribution in [3.05, 3.63) is 99.3 Å². The fourth-order valence-corrected chi connectivity index (χ4v) is 3.98. The summed E-state index contributed by atoms with van der Waals surface area (Å²) in [6.07, 6.45) is 1.70. The van der Waals surface area contributed by atoms with Crippen molar-refractivity contribution >= 4 is 22.4 Å². The van der Waals surface area contributed by atoms with Crippen LogP contribution in [0.5, 0.6) is 5.75 Å². The minimum absolute atomic E-state index is 0.0636. The Morgan fingerprint density at radius 1 is 0.784 bits per heavy atom. The summed E-state index contributed by atoms with van der Waals surface area (Å²) >= 11 is 6.53. The molecular formula is C28H16ClF7O. The molecule has 4 rings (SSSR count). The predicted octanol–water partition coefficient (Wildman–Crippen LogP) is 8.86. The van der Waals surface area contributed by atoms with E-state index in [-0.39, 0.29) is 10.6 Å². The molecule has 190 valence electrons.